The lowest BCUT2D eigenvalue weighted by atomic mass is 10.3. The van der Waals surface area contributed by atoms with E-state index in [1.165, 1.54) is 4.31 Å². The smallest absolute Gasteiger partial charge is 0.217 e. The van der Waals surface area contributed by atoms with Crippen molar-refractivity contribution in [3.8, 4) is 12.3 Å². The molecule has 0 aromatic heterocycles. The molecule has 1 heterocycles. The predicted molar refractivity (Wildman–Crippen MR) is 65.9 cm³/mol. The van der Waals surface area contributed by atoms with E-state index in [0.29, 0.717) is 19.1 Å². The number of terminal acetylenes is 1. The van der Waals surface area contributed by atoms with E-state index in [-0.39, 0.29) is 18.4 Å². The van der Waals surface area contributed by atoms with Crippen LogP contribution in [0, 0.1) is 18.3 Å². The lowest BCUT2D eigenvalue weighted by molar-refractivity contribution is 0.126. The molecule has 0 amide bonds. The minimum atomic E-state index is -3.26. The fraction of sp³-hybridized carbons (Fsp3) is 0.833. The molecule has 0 radical (unpaired) electrons. The second-order valence-electron chi connectivity index (χ2n) is 4.85. The van der Waals surface area contributed by atoms with Gasteiger partial charge in [0.15, 0.2) is 0 Å². The predicted octanol–water partition coefficient (Wildman–Crippen LogP) is 0.840. The van der Waals surface area contributed by atoms with E-state index in [1.807, 2.05) is 0 Å². The van der Waals surface area contributed by atoms with E-state index >= 15 is 0 Å². The van der Waals surface area contributed by atoms with Gasteiger partial charge in [-0.1, -0.05) is 5.92 Å². The van der Waals surface area contributed by atoms with Crippen LogP contribution in [0.2, 0.25) is 0 Å². The Morgan fingerprint density at radius 3 is 2.65 bits per heavy atom. The van der Waals surface area contributed by atoms with Crippen molar-refractivity contribution in [2.45, 2.75) is 31.8 Å². The summed E-state index contributed by atoms with van der Waals surface area (Å²) < 4.78 is 31.2. The molecule has 1 unspecified atom stereocenters. The number of rotatable bonds is 6. The van der Waals surface area contributed by atoms with Crippen LogP contribution in [0.1, 0.15) is 25.7 Å². The largest absolute Gasteiger partial charge is 0.377 e. The monoisotopic (exact) mass is 257 g/mol. The Morgan fingerprint density at radius 1 is 1.35 bits per heavy atom. The molecule has 0 aromatic rings. The molecule has 96 valence electrons. The van der Waals surface area contributed by atoms with Gasteiger partial charge in [0.2, 0.25) is 10.0 Å². The Morgan fingerprint density at radius 2 is 2.12 bits per heavy atom. The molecule has 2 fully saturated rings. The molecular formula is C12H19NO3S. The van der Waals surface area contributed by atoms with Crippen LogP contribution in [0.5, 0.6) is 0 Å². The molecule has 0 N–H and O–H groups in total. The summed E-state index contributed by atoms with van der Waals surface area (Å²) >= 11 is 0. The van der Waals surface area contributed by atoms with Crippen LogP contribution in [0.15, 0.2) is 0 Å². The van der Waals surface area contributed by atoms with Crippen LogP contribution in [0.25, 0.3) is 0 Å². The summed E-state index contributed by atoms with van der Waals surface area (Å²) in [6.07, 6.45) is 9.14. The van der Waals surface area contributed by atoms with E-state index in [2.05, 4.69) is 5.92 Å². The lowest BCUT2D eigenvalue weighted by Gasteiger charge is -2.21. The highest BCUT2D eigenvalue weighted by Gasteiger charge is 2.32. The van der Waals surface area contributed by atoms with Gasteiger partial charge in [0.25, 0.3) is 0 Å². The van der Waals surface area contributed by atoms with Crippen LogP contribution in [0.4, 0.5) is 0 Å². The Kier molecular flexibility index (Phi) is 4.08. The van der Waals surface area contributed by atoms with Crippen molar-refractivity contribution in [3.63, 3.8) is 0 Å². The van der Waals surface area contributed by atoms with E-state index in [0.717, 1.165) is 25.7 Å². The number of ether oxygens (including phenoxy) is 1. The molecule has 1 saturated heterocycles. The first-order valence-corrected chi connectivity index (χ1v) is 7.75. The van der Waals surface area contributed by atoms with Gasteiger partial charge in [0.1, 0.15) is 0 Å². The van der Waals surface area contributed by atoms with Gasteiger partial charge in [-0.05, 0) is 31.6 Å². The molecule has 0 spiro atoms. The van der Waals surface area contributed by atoms with Crippen molar-refractivity contribution < 1.29 is 13.2 Å². The third kappa shape index (κ3) is 3.70. The maximum atomic E-state index is 12.2. The summed E-state index contributed by atoms with van der Waals surface area (Å²) in [4.78, 5) is 0. The van der Waals surface area contributed by atoms with Crippen LogP contribution in [0.3, 0.4) is 0 Å². The third-order valence-electron chi connectivity index (χ3n) is 3.24. The Labute approximate surface area is 103 Å². The van der Waals surface area contributed by atoms with Crippen molar-refractivity contribution in [3.05, 3.63) is 0 Å². The van der Waals surface area contributed by atoms with Crippen LogP contribution in [-0.4, -0.2) is 44.3 Å². The fourth-order valence-corrected chi connectivity index (χ4v) is 3.74. The molecule has 17 heavy (non-hydrogen) atoms. The van der Waals surface area contributed by atoms with Gasteiger partial charge in [-0.25, -0.2) is 8.42 Å². The Balaban J connectivity index is 1.96. The van der Waals surface area contributed by atoms with Gasteiger partial charge in [0, 0.05) is 13.2 Å². The molecule has 2 rings (SSSR count). The van der Waals surface area contributed by atoms with E-state index < -0.39 is 10.0 Å². The van der Waals surface area contributed by atoms with Crippen molar-refractivity contribution >= 4 is 10.0 Å². The molecule has 4 nitrogen and oxygen atoms in total. The van der Waals surface area contributed by atoms with Gasteiger partial charge >= 0.3 is 0 Å². The van der Waals surface area contributed by atoms with Crippen molar-refractivity contribution in [1.29, 1.82) is 0 Å². The summed E-state index contributed by atoms with van der Waals surface area (Å²) in [5.41, 5.74) is 0. The van der Waals surface area contributed by atoms with Crippen LogP contribution < -0.4 is 0 Å². The molecule has 0 bridgehead atoms. The van der Waals surface area contributed by atoms with Gasteiger partial charge in [-0.3, -0.25) is 0 Å². The van der Waals surface area contributed by atoms with Crippen molar-refractivity contribution in [2.24, 2.45) is 5.92 Å². The topological polar surface area (TPSA) is 46.6 Å². The summed E-state index contributed by atoms with van der Waals surface area (Å²) in [7, 11) is -3.26. The highest BCUT2D eigenvalue weighted by molar-refractivity contribution is 7.89. The number of hydrogen-bond acceptors (Lipinski definition) is 3. The number of hydrogen-bond donors (Lipinski definition) is 0. The summed E-state index contributed by atoms with van der Waals surface area (Å²) in [6, 6.07) is 0. The first-order valence-electron chi connectivity index (χ1n) is 6.14. The first-order chi connectivity index (χ1) is 8.12. The molecule has 5 heteroatoms. The highest BCUT2D eigenvalue weighted by atomic mass is 32.2. The summed E-state index contributed by atoms with van der Waals surface area (Å²) in [5.74, 6) is 3.04. The first kappa shape index (κ1) is 12.9. The number of nitrogens with zero attached hydrogens (tertiary/aromatic N) is 1. The molecule has 1 aliphatic carbocycles. The summed E-state index contributed by atoms with van der Waals surface area (Å²) in [5, 5.41) is 0. The molecule has 1 aliphatic heterocycles. The Bertz CT molecular complexity index is 388. The molecule has 0 aromatic carbocycles. The van der Waals surface area contributed by atoms with Gasteiger partial charge < -0.3 is 4.74 Å². The molecular weight excluding hydrogens is 238 g/mol. The number of sulfonamides is 1. The lowest BCUT2D eigenvalue weighted by Crippen LogP contribution is -2.38. The Hall–Kier alpha value is -0.570. The maximum Gasteiger partial charge on any atom is 0.217 e. The minimum absolute atomic E-state index is 0.0847. The summed E-state index contributed by atoms with van der Waals surface area (Å²) in [6.45, 7) is 1.45. The second kappa shape index (κ2) is 5.38. The highest BCUT2D eigenvalue weighted by Crippen LogP contribution is 2.30. The second-order valence-corrected chi connectivity index (χ2v) is 6.87. The zero-order valence-corrected chi connectivity index (χ0v) is 10.8. The van der Waals surface area contributed by atoms with Gasteiger partial charge in [0.05, 0.1) is 18.4 Å². The van der Waals surface area contributed by atoms with Gasteiger partial charge in [-0.15, -0.1) is 6.42 Å². The zero-order valence-electron chi connectivity index (χ0n) is 9.97. The molecule has 1 atom stereocenters. The average molecular weight is 257 g/mol. The van der Waals surface area contributed by atoms with Crippen molar-refractivity contribution in [2.75, 3.05) is 25.4 Å². The quantitative estimate of drug-likeness (QED) is 0.662. The van der Waals surface area contributed by atoms with Crippen LogP contribution >= 0.6 is 0 Å². The average Bonchev–Trinajstić information content (AvgIpc) is 2.94. The van der Waals surface area contributed by atoms with Crippen LogP contribution in [-0.2, 0) is 14.8 Å². The SMILES string of the molecule is C#CCN(CC1CC1)S(=O)(=O)CC1CCCO1. The molecule has 1 saturated carbocycles. The van der Waals surface area contributed by atoms with E-state index in [1.54, 1.807) is 0 Å². The van der Waals surface area contributed by atoms with Crippen molar-refractivity contribution in [1.82, 2.24) is 4.31 Å². The minimum Gasteiger partial charge on any atom is -0.377 e. The zero-order chi connectivity index (χ0) is 12.3. The third-order valence-corrected chi connectivity index (χ3v) is 5.10. The van der Waals surface area contributed by atoms with E-state index in [9.17, 15) is 8.42 Å². The maximum absolute atomic E-state index is 12.2. The standard InChI is InChI=1S/C12H19NO3S/c1-2-7-13(9-11-5-6-11)17(14,15)10-12-4-3-8-16-12/h1,11-12H,3-10H2. The fourth-order valence-electron chi connectivity index (χ4n) is 2.08. The molecule has 2 aliphatic rings. The van der Waals surface area contributed by atoms with E-state index in [4.69, 9.17) is 11.2 Å². The normalized spacial score (nSPS) is 25.1. The van der Waals surface area contributed by atoms with Gasteiger partial charge in [-0.2, -0.15) is 4.31 Å².